The maximum Gasteiger partial charge on any atom is 0.312 e. The molecule has 0 spiro atoms. The molecule has 3 rings (SSSR count). The van der Waals surface area contributed by atoms with Crippen LogP contribution in [0.15, 0.2) is 27.0 Å². The van der Waals surface area contributed by atoms with Gasteiger partial charge in [-0.2, -0.15) is 4.98 Å². The molecule has 0 bridgehead atoms. The zero-order chi connectivity index (χ0) is 15.7. The summed E-state index contributed by atoms with van der Waals surface area (Å²) in [6.07, 6.45) is 0. The molecule has 0 aliphatic heterocycles. The van der Waals surface area contributed by atoms with Crippen LogP contribution in [0.4, 0.5) is 12.0 Å². The first-order valence-corrected chi connectivity index (χ1v) is 6.47. The Labute approximate surface area is 125 Å². The van der Waals surface area contributed by atoms with Gasteiger partial charge in [-0.05, 0) is 18.2 Å². The van der Waals surface area contributed by atoms with Crippen LogP contribution >= 0.6 is 0 Å². The van der Waals surface area contributed by atoms with E-state index in [0.717, 1.165) is 0 Å². The zero-order valence-corrected chi connectivity index (χ0v) is 12.0. The van der Waals surface area contributed by atoms with E-state index in [1.165, 1.54) is 0 Å². The number of nitrogens with zero attached hydrogens (tertiary/aromatic N) is 4. The van der Waals surface area contributed by atoms with Gasteiger partial charge in [-0.1, -0.05) is 5.10 Å². The highest BCUT2D eigenvalue weighted by Crippen LogP contribution is 2.21. The predicted octanol–water partition coefficient (Wildman–Crippen LogP) is 0.789. The highest BCUT2D eigenvalue weighted by Gasteiger charge is 2.12. The third-order valence-electron chi connectivity index (χ3n) is 2.90. The highest BCUT2D eigenvalue weighted by molar-refractivity contribution is 5.97. The van der Waals surface area contributed by atoms with Crippen molar-refractivity contribution >= 4 is 29.0 Å². The van der Waals surface area contributed by atoms with E-state index >= 15 is 0 Å². The minimum atomic E-state index is -0.284. The van der Waals surface area contributed by atoms with Gasteiger partial charge in [-0.3, -0.25) is 4.79 Å². The molecule has 9 nitrogen and oxygen atoms in total. The van der Waals surface area contributed by atoms with Crippen molar-refractivity contribution in [3.63, 3.8) is 0 Å². The molecule has 114 valence electrons. The lowest BCUT2D eigenvalue weighted by Crippen LogP contribution is -2.22. The number of hydrogen-bond donors (Lipinski definition) is 2. The molecule has 0 saturated heterocycles. The standard InChI is InChI=1S/C13H14N6O3/c1-19(2)13-16-8-5-7(3-4-9(8)21-13)11(20)15-6-10-17-18-12(14)22-10/h3-5H,6H2,1-2H3,(H2,14,18)(H,15,20). The van der Waals surface area contributed by atoms with E-state index in [9.17, 15) is 4.79 Å². The third-order valence-corrected chi connectivity index (χ3v) is 2.90. The minimum Gasteiger partial charge on any atom is -0.423 e. The normalized spacial score (nSPS) is 10.8. The number of rotatable bonds is 4. The van der Waals surface area contributed by atoms with Crippen molar-refractivity contribution in [2.75, 3.05) is 24.7 Å². The molecule has 9 heteroatoms. The summed E-state index contributed by atoms with van der Waals surface area (Å²) in [6, 6.07) is 5.46. The van der Waals surface area contributed by atoms with Gasteiger partial charge in [0.2, 0.25) is 5.89 Å². The fraction of sp³-hybridized carbons (Fsp3) is 0.231. The van der Waals surface area contributed by atoms with E-state index in [0.29, 0.717) is 22.7 Å². The summed E-state index contributed by atoms with van der Waals surface area (Å²) in [5, 5.41) is 9.84. The summed E-state index contributed by atoms with van der Waals surface area (Å²) in [4.78, 5) is 18.2. The lowest BCUT2D eigenvalue weighted by molar-refractivity contribution is 0.0947. The first kappa shape index (κ1) is 13.9. The van der Waals surface area contributed by atoms with Crippen LogP contribution in [0.1, 0.15) is 16.2 Å². The van der Waals surface area contributed by atoms with E-state index in [-0.39, 0.29) is 24.4 Å². The van der Waals surface area contributed by atoms with Crippen molar-refractivity contribution in [3.8, 4) is 0 Å². The van der Waals surface area contributed by atoms with Crippen LogP contribution in [-0.4, -0.2) is 35.2 Å². The molecule has 1 aromatic carbocycles. The maximum absolute atomic E-state index is 12.1. The van der Waals surface area contributed by atoms with Gasteiger partial charge in [0.1, 0.15) is 5.52 Å². The summed E-state index contributed by atoms with van der Waals surface area (Å²) >= 11 is 0. The lowest BCUT2D eigenvalue weighted by Gasteiger charge is -2.03. The molecular formula is C13H14N6O3. The summed E-state index contributed by atoms with van der Waals surface area (Å²) in [6.45, 7) is 0.100. The molecule has 3 aromatic rings. The monoisotopic (exact) mass is 302 g/mol. The molecule has 0 fully saturated rings. The molecule has 0 atom stereocenters. The molecule has 0 aliphatic rings. The smallest absolute Gasteiger partial charge is 0.312 e. The quantitative estimate of drug-likeness (QED) is 0.725. The molecule has 0 saturated carbocycles. The number of oxazole rings is 1. The van der Waals surface area contributed by atoms with Gasteiger partial charge in [-0.15, -0.1) is 5.10 Å². The van der Waals surface area contributed by atoms with Gasteiger partial charge < -0.3 is 24.8 Å². The largest absolute Gasteiger partial charge is 0.423 e. The average Bonchev–Trinajstić information content (AvgIpc) is 3.09. The Balaban J connectivity index is 1.75. The van der Waals surface area contributed by atoms with E-state index in [1.54, 1.807) is 23.1 Å². The predicted molar refractivity (Wildman–Crippen MR) is 78.2 cm³/mol. The first-order valence-electron chi connectivity index (χ1n) is 6.47. The van der Waals surface area contributed by atoms with Crippen LogP contribution in [-0.2, 0) is 6.54 Å². The van der Waals surface area contributed by atoms with E-state index in [1.807, 2.05) is 14.1 Å². The SMILES string of the molecule is CN(C)c1nc2cc(C(=O)NCc3nnc(N)o3)ccc2o1. The Morgan fingerprint density at radius 2 is 2.14 bits per heavy atom. The number of nitrogen functional groups attached to an aromatic ring is 1. The third kappa shape index (κ3) is 2.68. The topological polar surface area (TPSA) is 123 Å². The fourth-order valence-electron chi connectivity index (χ4n) is 1.84. The number of benzene rings is 1. The Bertz CT molecular complexity index is 822. The number of carbonyl (C=O) groups is 1. The highest BCUT2D eigenvalue weighted by atomic mass is 16.4. The van der Waals surface area contributed by atoms with Crippen molar-refractivity contribution in [2.45, 2.75) is 6.54 Å². The van der Waals surface area contributed by atoms with Crippen LogP contribution in [0.2, 0.25) is 0 Å². The van der Waals surface area contributed by atoms with Crippen LogP contribution in [0.5, 0.6) is 0 Å². The second-order valence-corrected chi connectivity index (χ2v) is 4.79. The summed E-state index contributed by atoms with van der Waals surface area (Å²) < 4.78 is 10.5. The molecule has 2 heterocycles. The molecule has 0 aliphatic carbocycles. The minimum absolute atomic E-state index is 0.0375. The maximum atomic E-state index is 12.1. The number of amides is 1. The average molecular weight is 302 g/mol. The number of carbonyl (C=O) groups excluding carboxylic acids is 1. The number of anilines is 2. The molecule has 0 radical (unpaired) electrons. The Morgan fingerprint density at radius 1 is 1.32 bits per heavy atom. The first-order chi connectivity index (χ1) is 10.5. The Kier molecular flexibility index (Phi) is 3.37. The Morgan fingerprint density at radius 3 is 2.82 bits per heavy atom. The van der Waals surface area contributed by atoms with E-state index < -0.39 is 0 Å². The second-order valence-electron chi connectivity index (χ2n) is 4.79. The zero-order valence-electron chi connectivity index (χ0n) is 12.0. The molecule has 3 N–H and O–H groups in total. The van der Waals surface area contributed by atoms with Gasteiger partial charge >= 0.3 is 6.01 Å². The van der Waals surface area contributed by atoms with Gasteiger partial charge in [0.25, 0.3) is 11.9 Å². The molecular weight excluding hydrogens is 288 g/mol. The summed E-state index contributed by atoms with van der Waals surface area (Å²) in [5.41, 5.74) is 6.99. The molecule has 22 heavy (non-hydrogen) atoms. The Hall–Kier alpha value is -3.10. The number of hydrogen-bond acceptors (Lipinski definition) is 8. The number of aromatic nitrogens is 3. The van der Waals surface area contributed by atoms with Crippen molar-refractivity contribution in [3.05, 3.63) is 29.7 Å². The van der Waals surface area contributed by atoms with Crippen molar-refractivity contribution in [2.24, 2.45) is 0 Å². The number of fused-ring (bicyclic) bond motifs is 1. The van der Waals surface area contributed by atoms with Crippen molar-refractivity contribution in [1.82, 2.24) is 20.5 Å². The molecule has 0 unspecified atom stereocenters. The molecule has 2 aromatic heterocycles. The fourth-order valence-corrected chi connectivity index (χ4v) is 1.84. The number of nitrogens with two attached hydrogens (primary N) is 1. The molecule has 1 amide bonds. The van der Waals surface area contributed by atoms with Crippen LogP contribution < -0.4 is 16.0 Å². The summed E-state index contributed by atoms with van der Waals surface area (Å²) in [5.74, 6) is -0.0451. The van der Waals surface area contributed by atoms with Crippen LogP contribution in [0.25, 0.3) is 11.1 Å². The van der Waals surface area contributed by atoms with Crippen LogP contribution in [0.3, 0.4) is 0 Å². The van der Waals surface area contributed by atoms with E-state index in [4.69, 9.17) is 14.6 Å². The lowest BCUT2D eigenvalue weighted by atomic mass is 10.2. The van der Waals surface area contributed by atoms with Crippen molar-refractivity contribution < 1.29 is 13.6 Å². The van der Waals surface area contributed by atoms with Gasteiger partial charge in [0.05, 0.1) is 6.54 Å². The van der Waals surface area contributed by atoms with Crippen molar-refractivity contribution in [1.29, 1.82) is 0 Å². The van der Waals surface area contributed by atoms with Gasteiger partial charge in [0.15, 0.2) is 5.58 Å². The van der Waals surface area contributed by atoms with Gasteiger partial charge in [-0.25, -0.2) is 0 Å². The second kappa shape index (κ2) is 5.35. The van der Waals surface area contributed by atoms with Crippen LogP contribution in [0, 0.1) is 0 Å². The summed E-state index contributed by atoms with van der Waals surface area (Å²) in [7, 11) is 3.66. The number of nitrogens with one attached hydrogen (secondary N) is 1. The van der Waals surface area contributed by atoms with E-state index in [2.05, 4.69) is 20.5 Å². The van der Waals surface area contributed by atoms with Gasteiger partial charge in [0, 0.05) is 19.7 Å².